The van der Waals surface area contributed by atoms with E-state index >= 15 is 0 Å². The second-order valence-corrected chi connectivity index (χ2v) is 3.85. The Morgan fingerprint density at radius 2 is 1.88 bits per heavy atom. The lowest BCUT2D eigenvalue weighted by Crippen LogP contribution is -1.76. The fraction of sp³-hybridized carbons (Fsp3) is 0.188. The predicted molar refractivity (Wildman–Crippen MR) is 75.5 cm³/mol. The van der Waals surface area contributed by atoms with Crippen molar-refractivity contribution in [2.45, 2.75) is 20.3 Å². The van der Waals surface area contributed by atoms with Gasteiger partial charge < -0.3 is 0 Å². The van der Waals surface area contributed by atoms with Crippen molar-refractivity contribution in [3.05, 3.63) is 66.3 Å². The third-order valence-electron chi connectivity index (χ3n) is 1.78. The van der Waals surface area contributed by atoms with Crippen molar-refractivity contribution in [3.63, 3.8) is 0 Å². The molecule has 1 heteroatoms. The molecule has 1 aromatic carbocycles. The van der Waals surface area contributed by atoms with Crippen molar-refractivity contribution in [3.8, 4) is 6.07 Å². The summed E-state index contributed by atoms with van der Waals surface area (Å²) < 4.78 is 0. The van der Waals surface area contributed by atoms with Crippen LogP contribution < -0.4 is 0 Å². The summed E-state index contributed by atoms with van der Waals surface area (Å²) in [4.78, 5) is 0. The van der Waals surface area contributed by atoms with Crippen LogP contribution in [0.25, 0.3) is 6.08 Å². The first-order valence-electron chi connectivity index (χ1n) is 5.49. The number of benzene rings is 1. The zero-order valence-electron chi connectivity index (χ0n) is 10.6. The monoisotopic (exact) mass is 225 g/mol. The zero-order valence-corrected chi connectivity index (χ0v) is 10.6. The molecule has 1 aliphatic carbocycles. The van der Waals surface area contributed by atoms with Gasteiger partial charge >= 0.3 is 0 Å². The Balaban J connectivity index is 0.000000274. The maximum Gasteiger partial charge on any atom is 0.0905 e. The zero-order chi connectivity index (χ0) is 13.1. The topological polar surface area (TPSA) is 23.8 Å². The van der Waals surface area contributed by atoms with Crippen LogP contribution in [-0.2, 0) is 6.42 Å². The fourth-order valence-electron chi connectivity index (χ4n) is 1.20. The van der Waals surface area contributed by atoms with Gasteiger partial charge in [-0.2, -0.15) is 5.26 Å². The van der Waals surface area contributed by atoms with Crippen molar-refractivity contribution >= 4 is 6.08 Å². The molecule has 2 rings (SSSR count). The molecule has 0 saturated heterocycles. The largest absolute Gasteiger partial charge is 0.193 e. The molecule has 0 saturated carbocycles. The lowest BCUT2D eigenvalue weighted by molar-refractivity contribution is 1.31. The molecular weight excluding hydrogens is 206 g/mol. The molecule has 0 radical (unpaired) electrons. The lowest BCUT2D eigenvalue weighted by atomic mass is 10.1. The van der Waals surface area contributed by atoms with Gasteiger partial charge in [0.25, 0.3) is 0 Å². The SMILES string of the molecule is C1=Cc2ccccc2C1.C=C(C)C.C=CC#N. The van der Waals surface area contributed by atoms with Crippen LogP contribution in [0.15, 0.2) is 55.1 Å². The molecule has 0 heterocycles. The third-order valence-corrected chi connectivity index (χ3v) is 1.78. The normalized spacial score (nSPS) is 9.71. The highest BCUT2D eigenvalue weighted by molar-refractivity contribution is 5.59. The molecule has 0 fully saturated rings. The Morgan fingerprint density at radius 3 is 2.35 bits per heavy atom. The number of fused-ring (bicyclic) bond motifs is 1. The van der Waals surface area contributed by atoms with Crippen LogP contribution in [0.4, 0.5) is 0 Å². The second kappa shape index (κ2) is 9.18. The van der Waals surface area contributed by atoms with E-state index in [1.165, 1.54) is 22.8 Å². The van der Waals surface area contributed by atoms with Crippen molar-refractivity contribution in [1.29, 1.82) is 5.26 Å². The summed E-state index contributed by atoms with van der Waals surface area (Å²) in [6.45, 7) is 10.6. The molecule has 1 nitrogen and oxygen atoms in total. The average molecular weight is 225 g/mol. The number of rotatable bonds is 0. The Labute approximate surface area is 104 Å². The van der Waals surface area contributed by atoms with E-state index < -0.39 is 0 Å². The molecule has 0 spiro atoms. The summed E-state index contributed by atoms with van der Waals surface area (Å²) in [7, 11) is 0. The van der Waals surface area contributed by atoms with Crippen LogP contribution >= 0.6 is 0 Å². The molecule has 0 N–H and O–H groups in total. The van der Waals surface area contributed by atoms with Gasteiger partial charge in [0.1, 0.15) is 0 Å². The summed E-state index contributed by atoms with van der Waals surface area (Å²) >= 11 is 0. The van der Waals surface area contributed by atoms with Crippen LogP contribution in [0.2, 0.25) is 0 Å². The maximum atomic E-state index is 7.51. The van der Waals surface area contributed by atoms with Gasteiger partial charge in [-0.25, -0.2) is 0 Å². The maximum absolute atomic E-state index is 7.51. The number of hydrogen-bond acceptors (Lipinski definition) is 1. The Bertz CT molecular complexity index is 429. The van der Waals surface area contributed by atoms with E-state index in [1.54, 1.807) is 6.07 Å². The van der Waals surface area contributed by atoms with Crippen molar-refractivity contribution in [1.82, 2.24) is 0 Å². The molecule has 0 amide bonds. The van der Waals surface area contributed by atoms with E-state index in [9.17, 15) is 0 Å². The van der Waals surface area contributed by atoms with Gasteiger partial charge in [-0.15, -0.1) is 6.58 Å². The Morgan fingerprint density at radius 1 is 1.35 bits per heavy atom. The van der Waals surface area contributed by atoms with Crippen molar-refractivity contribution in [2.24, 2.45) is 0 Å². The van der Waals surface area contributed by atoms with Crippen LogP contribution in [0.5, 0.6) is 0 Å². The quantitative estimate of drug-likeness (QED) is 0.470. The van der Waals surface area contributed by atoms with Gasteiger partial charge in [-0.3, -0.25) is 0 Å². The van der Waals surface area contributed by atoms with Gasteiger partial charge in [-0.05, 0) is 31.4 Å². The minimum atomic E-state index is 1.12. The van der Waals surface area contributed by atoms with E-state index in [1.807, 2.05) is 13.8 Å². The molecule has 0 bridgehead atoms. The van der Waals surface area contributed by atoms with Crippen molar-refractivity contribution < 1.29 is 0 Å². The predicted octanol–water partition coefficient (Wildman–Crippen LogP) is 4.53. The van der Waals surface area contributed by atoms with Crippen LogP contribution in [0.3, 0.4) is 0 Å². The molecule has 1 aliphatic rings. The van der Waals surface area contributed by atoms with Gasteiger partial charge in [0.15, 0.2) is 0 Å². The van der Waals surface area contributed by atoms with E-state index in [-0.39, 0.29) is 0 Å². The Kier molecular flexibility index (Phi) is 8.06. The molecule has 0 atom stereocenters. The number of nitrogens with zero attached hydrogens (tertiary/aromatic N) is 1. The highest BCUT2D eigenvalue weighted by Gasteiger charge is 2.00. The smallest absolute Gasteiger partial charge is 0.0905 e. The van der Waals surface area contributed by atoms with Gasteiger partial charge in [0.05, 0.1) is 6.07 Å². The summed E-state index contributed by atoms with van der Waals surface area (Å²) in [6.07, 6.45) is 6.68. The third kappa shape index (κ3) is 7.81. The molecular formula is C16H19N. The second-order valence-electron chi connectivity index (χ2n) is 3.85. The molecule has 1 aromatic rings. The van der Waals surface area contributed by atoms with Crippen LogP contribution in [0, 0.1) is 11.3 Å². The summed E-state index contributed by atoms with van der Waals surface area (Å²) in [5.41, 5.74) is 4.01. The highest BCUT2D eigenvalue weighted by atomic mass is 14.2. The number of hydrogen-bond donors (Lipinski definition) is 0. The van der Waals surface area contributed by atoms with Crippen LogP contribution in [0.1, 0.15) is 25.0 Å². The fourth-order valence-corrected chi connectivity index (χ4v) is 1.20. The lowest BCUT2D eigenvalue weighted by Gasteiger charge is -1.93. The van der Waals surface area contributed by atoms with E-state index in [2.05, 4.69) is 49.6 Å². The Hall–Kier alpha value is -2.07. The molecule has 88 valence electrons. The number of allylic oxidation sites excluding steroid dienone is 3. The minimum Gasteiger partial charge on any atom is -0.193 e. The first kappa shape index (κ1) is 14.9. The van der Waals surface area contributed by atoms with E-state index in [0.717, 1.165) is 6.42 Å². The molecule has 17 heavy (non-hydrogen) atoms. The van der Waals surface area contributed by atoms with E-state index in [0.29, 0.717) is 0 Å². The van der Waals surface area contributed by atoms with Crippen LogP contribution in [-0.4, -0.2) is 0 Å². The summed E-state index contributed by atoms with van der Waals surface area (Å²) in [5.74, 6) is 0. The van der Waals surface area contributed by atoms with Gasteiger partial charge in [0, 0.05) is 6.08 Å². The standard InChI is InChI=1S/C9H8.C4H8.C3H3N/c1-2-5-9-7-3-6-8(9)4-1;1-4(2)3;1-2-3-4/h1-6H,7H2;1H2,2-3H3;2H,1H2. The molecule has 0 aromatic heterocycles. The first-order valence-corrected chi connectivity index (χ1v) is 5.49. The number of nitriles is 1. The molecule has 0 aliphatic heterocycles. The first-order chi connectivity index (χ1) is 8.11. The summed E-state index contributed by atoms with van der Waals surface area (Å²) in [6, 6.07) is 10.2. The van der Waals surface area contributed by atoms with Gasteiger partial charge in [-0.1, -0.05) is 48.6 Å². The minimum absolute atomic E-state index is 1.12. The van der Waals surface area contributed by atoms with Crippen molar-refractivity contribution in [2.75, 3.05) is 0 Å². The van der Waals surface area contributed by atoms with E-state index in [4.69, 9.17) is 5.26 Å². The van der Waals surface area contributed by atoms with Gasteiger partial charge in [0.2, 0.25) is 0 Å². The average Bonchev–Trinajstić information content (AvgIpc) is 2.76. The highest BCUT2D eigenvalue weighted by Crippen LogP contribution is 2.17. The summed E-state index contributed by atoms with van der Waals surface area (Å²) in [5, 5.41) is 7.51. The molecule has 0 unspecified atom stereocenters.